The molecule has 1 unspecified atom stereocenters. The predicted octanol–water partition coefficient (Wildman–Crippen LogP) is 4.45. The van der Waals surface area contributed by atoms with E-state index in [1.807, 2.05) is 45.0 Å². The van der Waals surface area contributed by atoms with Crippen LogP contribution in [0.3, 0.4) is 0 Å². The third kappa shape index (κ3) is 11.9. The predicted molar refractivity (Wildman–Crippen MR) is 126 cm³/mol. The Hall–Kier alpha value is -1.31. The lowest BCUT2D eigenvalue weighted by atomic mass is 10.0. The van der Waals surface area contributed by atoms with Crippen molar-refractivity contribution in [1.29, 1.82) is 0 Å². The molecule has 0 saturated carbocycles. The number of hydrogen-bond acceptors (Lipinski definition) is 2. The fourth-order valence-corrected chi connectivity index (χ4v) is 2.60. The molecule has 0 radical (unpaired) electrons. The number of amides is 1. The highest BCUT2D eigenvalue weighted by atomic mass is 127. The minimum absolute atomic E-state index is 0. The molecule has 0 heterocycles. The maximum atomic E-state index is 12.3. The molecule has 0 aliphatic heterocycles. The standard InChI is InChI=1S/C21H36N4O.HI/c1-15(2)9-7-10-16(3)24-20(22)23-14-17-11-8-12-18(13-17)19(26)25-21(4,5)6;/h8,11-13,15-16H,7,9-10,14H2,1-6H3,(H,25,26)(H3,22,23,24);1H. The van der Waals surface area contributed by atoms with Crippen molar-refractivity contribution in [2.45, 2.75) is 78.9 Å². The molecule has 0 aromatic heterocycles. The van der Waals surface area contributed by atoms with Crippen molar-refractivity contribution in [1.82, 2.24) is 10.6 Å². The lowest BCUT2D eigenvalue weighted by molar-refractivity contribution is 0.0919. The average Bonchev–Trinajstić information content (AvgIpc) is 2.51. The third-order valence-corrected chi connectivity index (χ3v) is 3.92. The van der Waals surface area contributed by atoms with Gasteiger partial charge >= 0.3 is 0 Å². The molecule has 0 fully saturated rings. The normalized spacial score (nSPS) is 13.1. The number of carbonyl (C=O) groups excluding carboxylic acids is 1. The molecule has 0 spiro atoms. The first kappa shape index (κ1) is 25.7. The third-order valence-electron chi connectivity index (χ3n) is 3.92. The summed E-state index contributed by atoms with van der Waals surface area (Å²) in [5.41, 5.74) is 7.34. The quantitative estimate of drug-likeness (QED) is 0.287. The highest BCUT2D eigenvalue weighted by molar-refractivity contribution is 14.0. The van der Waals surface area contributed by atoms with Gasteiger partial charge in [-0.05, 0) is 57.7 Å². The van der Waals surface area contributed by atoms with E-state index in [1.54, 1.807) is 0 Å². The van der Waals surface area contributed by atoms with Gasteiger partial charge in [0.05, 0.1) is 6.54 Å². The van der Waals surface area contributed by atoms with E-state index < -0.39 is 0 Å². The fourth-order valence-electron chi connectivity index (χ4n) is 2.60. The maximum absolute atomic E-state index is 12.3. The Labute approximate surface area is 182 Å². The summed E-state index contributed by atoms with van der Waals surface area (Å²) in [6, 6.07) is 7.81. The molecule has 0 saturated heterocycles. The van der Waals surface area contributed by atoms with Gasteiger partial charge in [-0.2, -0.15) is 0 Å². The Kier molecular flexibility index (Phi) is 11.6. The van der Waals surface area contributed by atoms with Crippen LogP contribution in [-0.2, 0) is 6.54 Å². The first-order valence-electron chi connectivity index (χ1n) is 9.54. The molecular formula is C21H37IN4O. The minimum atomic E-state index is -0.259. The number of halogens is 1. The Morgan fingerprint density at radius 2 is 1.85 bits per heavy atom. The van der Waals surface area contributed by atoms with Crippen molar-refractivity contribution >= 4 is 35.8 Å². The van der Waals surface area contributed by atoms with Crippen molar-refractivity contribution in [3.8, 4) is 0 Å². The Morgan fingerprint density at radius 1 is 1.19 bits per heavy atom. The second-order valence-corrected chi connectivity index (χ2v) is 8.48. The minimum Gasteiger partial charge on any atom is -0.370 e. The van der Waals surface area contributed by atoms with E-state index >= 15 is 0 Å². The summed E-state index contributed by atoms with van der Waals surface area (Å²) in [5, 5.41) is 6.21. The molecule has 0 aliphatic carbocycles. The molecule has 0 aliphatic rings. The van der Waals surface area contributed by atoms with Gasteiger partial charge in [0, 0.05) is 17.1 Å². The van der Waals surface area contributed by atoms with Crippen LogP contribution in [0.5, 0.6) is 0 Å². The van der Waals surface area contributed by atoms with Crippen LogP contribution in [0.15, 0.2) is 29.3 Å². The van der Waals surface area contributed by atoms with Gasteiger partial charge in [-0.1, -0.05) is 38.8 Å². The second kappa shape index (κ2) is 12.2. The van der Waals surface area contributed by atoms with E-state index in [2.05, 4.69) is 36.4 Å². The summed E-state index contributed by atoms with van der Waals surface area (Å²) in [7, 11) is 0. The summed E-state index contributed by atoms with van der Waals surface area (Å²) < 4.78 is 0. The monoisotopic (exact) mass is 488 g/mol. The molecule has 1 rings (SSSR count). The largest absolute Gasteiger partial charge is 0.370 e. The van der Waals surface area contributed by atoms with Crippen LogP contribution >= 0.6 is 24.0 Å². The summed E-state index contributed by atoms with van der Waals surface area (Å²) in [4.78, 5) is 16.7. The van der Waals surface area contributed by atoms with Gasteiger partial charge in [-0.25, -0.2) is 4.99 Å². The van der Waals surface area contributed by atoms with Crippen LogP contribution in [0.4, 0.5) is 0 Å². The zero-order chi connectivity index (χ0) is 19.7. The van der Waals surface area contributed by atoms with Gasteiger partial charge in [-0.3, -0.25) is 4.79 Å². The number of rotatable bonds is 8. The molecule has 154 valence electrons. The second-order valence-electron chi connectivity index (χ2n) is 8.48. The highest BCUT2D eigenvalue weighted by Crippen LogP contribution is 2.10. The van der Waals surface area contributed by atoms with Gasteiger partial charge in [0.15, 0.2) is 5.96 Å². The molecule has 1 aromatic rings. The van der Waals surface area contributed by atoms with Crippen molar-refractivity contribution in [3.05, 3.63) is 35.4 Å². The van der Waals surface area contributed by atoms with Gasteiger partial charge in [0.25, 0.3) is 5.91 Å². The number of carbonyl (C=O) groups is 1. The van der Waals surface area contributed by atoms with E-state index in [-0.39, 0.29) is 35.4 Å². The number of nitrogens with two attached hydrogens (primary N) is 1. The van der Waals surface area contributed by atoms with Gasteiger partial charge in [-0.15, -0.1) is 24.0 Å². The van der Waals surface area contributed by atoms with E-state index in [1.165, 1.54) is 12.8 Å². The molecular weight excluding hydrogens is 451 g/mol. The number of benzene rings is 1. The van der Waals surface area contributed by atoms with Gasteiger partial charge in [0.1, 0.15) is 0 Å². The maximum Gasteiger partial charge on any atom is 0.251 e. The van der Waals surface area contributed by atoms with Crippen LogP contribution in [0, 0.1) is 5.92 Å². The van der Waals surface area contributed by atoms with Crippen LogP contribution < -0.4 is 16.4 Å². The van der Waals surface area contributed by atoms with E-state index in [0.29, 0.717) is 24.1 Å². The molecule has 5 nitrogen and oxygen atoms in total. The SMILES string of the molecule is CC(C)CCCC(C)NC(N)=NCc1cccc(C(=O)NC(C)(C)C)c1.I. The number of aliphatic imine (C=N–C) groups is 1. The number of nitrogens with zero attached hydrogens (tertiary/aromatic N) is 1. The highest BCUT2D eigenvalue weighted by Gasteiger charge is 2.15. The van der Waals surface area contributed by atoms with Crippen molar-refractivity contribution in [2.75, 3.05) is 0 Å². The first-order chi connectivity index (χ1) is 12.1. The van der Waals surface area contributed by atoms with Crippen molar-refractivity contribution in [3.63, 3.8) is 0 Å². The summed E-state index contributed by atoms with van der Waals surface area (Å²) in [5.74, 6) is 1.11. The number of hydrogen-bond donors (Lipinski definition) is 3. The van der Waals surface area contributed by atoms with E-state index in [0.717, 1.165) is 17.9 Å². The Bertz CT molecular complexity index is 608. The van der Waals surface area contributed by atoms with Crippen molar-refractivity contribution < 1.29 is 4.79 Å². The lowest BCUT2D eigenvalue weighted by Gasteiger charge is -2.20. The smallest absolute Gasteiger partial charge is 0.251 e. The molecule has 1 amide bonds. The lowest BCUT2D eigenvalue weighted by Crippen LogP contribution is -2.40. The Balaban J connectivity index is 0.00000676. The fraction of sp³-hybridized carbons (Fsp3) is 0.619. The number of nitrogens with one attached hydrogen (secondary N) is 2. The summed E-state index contributed by atoms with van der Waals surface area (Å²) in [6.45, 7) is 13.0. The van der Waals surface area contributed by atoms with E-state index in [4.69, 9.17) is 5.73 Å². The summed E-state index contributed by atoms with van der Waals surface area (Å²) >= 11 is 0. The molecule has 1 aromatic carbocycles. The van der Waals surface area contributed by atoms with Crippen LogP contribution in [0.25, 0.3) is 0 Å². The van der Waals surface area contributed by atoms with Gasteiger partial charge < -0.3 is 16.4 Å². The average molecular weight is 488 g/mol. The molecule has 1 atom stereocenters. The zero-order valence-electron chi connectivity index (χ0n) is 17.6. The van der Waals surface area contributed by atoms with E-state index in [9.17, 15) is 4.79 Å². The van der Waals surface area contributed by atoms with Crippen LogP contribution in [0.1, 0.15) is 76.7 Å². The number of guanidine groups is 1. The topological polar surface area (TPSA) is 79.5 Å². The Morgan fingerprint density at radius 3 is 2.44 bits per heavy atom. The van der Waals surface area contributed by atoms with Gasteiger partial charge in [0.2, 0.25) is 0 Å². The van der Waals surface area contributed by atoms with Crippen LogP contribution in [-0.4, -0.2) is 23.4 Å². The molecule has 6 heteroatoms. The molecule has 0 bridgehead atoms. The molecule has 27 heavy (non-hydrogen) atoms. The van der Waals surface area contributed by atoms with Crippen LogP contribution in [0.2, 0.25) is 0 Å². The van der Waals surface area contributed by atoms with Crippen molar-refractivity contribution in [2.24, 2.45) is 16.6 Å². The molecule has 4 N–H and O–H groups in total. The zero-order valence-corrected chi connectivity index (χ0v) is 20.0. The first-order valence-corrected chi connectivity index (χ1v) is 9.54. The summed E-state index contributed by atoms with van der Waals surface area (Å²) in [6.07, 6.45) is 3.49.